The molecule has 0 spiro atoms. The van der Waals surface area contributed by atoms with Gasteiger partial charge in [-0.25, -0.2) is 5.84 Å². The Labute approximate surface area is 90.9 Å². The predicted molar refractivity (Wildman–Crippen MR) is 58.0 cm³/mol. The quantitative estimate of drug-likeness (QED) is 0.382. The van der Waals surface area contributed by atoms with E-state index in [4.69, 9.17) is 10.6 Å². The molecule has 0 saturated carbocycles. The van der Waals surface area contributed by atoms with Crippen LogP contribution in [0.4, 0.5) is 0 Å². The van der Waals surface area contributed by atoms with E-state index < -0.39 is 5.54 Å². The third kappa shape index (κ3) is 2.68. The second-order valence-corrected chi connectivity index (χ2v) is 4.69. The summed E-state index contributed by atoms with van der Waals surface area (Å²) in [6, 6.07) is 0. The molecule has 1 saturated heterocycles. The SMILES string of the molecule is CC1CN(C(C)(C)C(=O)NN)CC(C)O1. The van der Waals surface area contributed by atoms with Crippen LogP contribution in [0.15, 0.2) is 0 Å². The van der Waals surface area contributed by atoms with Crippen molar-refractivity contribution in [2.75, 3.05) is 13.1 Å². The van der Waals surface area contributed by atoms with Crippen LogP contribution in [0, 0.1) is 0 Å². The number of hydrazine groups is 1. The number of nitrogens with zero attached hydrogens (tertiary/aromatic N) is 1. The van der Waals surface area contributed by atoms with Crippen LogP contribution in [0.5, 0.6) is 0 Å². The lowest BCUT2D eigenvalue weighted by atomic mass is 9.99. The summed E-state index contributed by atoms with van der Waals surface area (Å²) in [7, 11) is 0. The lowest BCUT2D eigenvalue weighted by Gasteiger charge is -2.43. The van der Waals surface area contributed by atoms with Crippen LogP contribution in [0.1, 0.15) is 27.7 Å². The van der Waals surface area contributed by atoms with E-state index in [1.54, 1.807) is 0 Å². The molecule has 0 aromatic heterocycles. The summed E-state index contributed by atoms with van der Waals surface area (Å²) < 4.78 is 5.62. The third-order valence-corrected chi connectivity index (χ3v) is 2.90. The highest BCUT2D eigenvalue weighted by Gasteiger charge is 2.38. The molecule has 1 rings (SSSR count). The summed E-state index contributed by atoms with van der Waals surface area (Å²) in [5.41, 5.74) is 1.63. The maximum Gasteiger partial charge on any atom is 0.253 e. The molecule has 5 heteroatoms. The largest absolute Gasteiger partial charge is 0.373 e. The maximum absolute atomic E-state index is 11.6. The number of hydrogen-bond donors (Lipinski definition) is 2. The maximum atomic E-state index is 11.6. The Morgan fingerprint density at radius 1 is 1.40 bits per heavy atom. The fourth-order valence-corrected chi connectivity index (χ4v) is 1.95. The molecule has 0 aliphatic carbocycles. The van der Waals surface area contributed by atoms with Crippen molar-refractivity contribution in [3.05, 3.63) is 0 Å². The van der Waals surface area contributed by atoms with E-state index in [0.717, 1.165) is 13.1 Å². The molecule has 0 aromatic rings. The monoisotopic (exact) mass is 215 g/mol. The van der Waals surface area contributed by atoms with Gasteiger partial charge in [-0.15, -0.1) is 0 Å². The Balaban J connectivity index is 2.73. The molecular formula is C10H21N3O2. The summed E-state index contributed by atoms with van der Waals surface area (Å²) >= 11 is 0. The Morgan fingerprint density at radius 2 is 1.87 bits per heavy atom. The first kappa shape index (κ1) is 12.4. The summed E-state index contributed by atoms with van der Waals surface area (Å²) in [5.74, 6) is 5.01. The Bertz CT molecular complexity index is 233. The Kier molecular flexibility index (Phi) is 3.70. The average Bonchev–Trinajstić information content (AvgIpc) is 2.15. The number of ether oxygens (including phenoxy) is 1. The van der Waals surface area contributed by atoms with E-state index >= 15 is 0 Å². The summed E-state index contributed by atoms with van der Waals surface area (Å²) in [5, 5.41) is 0. The Hall–Kier alpha value is -0.650. The molecule has 2 atom stereocenters. The van der Waals surface area contributed by atoms with Crippen molar-refractivity contribution in [3.8, 4) is 0 Å². The normalized spacial score (nSPS) is 28.9. The number of carbonyl (C=O) groups is 1. The molecule has 3 N–H and O–H groups in total. The predicted octanol–water partition coefficient (Wildman–Crippen LogP) is -0.136. The number of morpholine rings is 1. The molecular weight excluding hydrogens is 194 g/mol. The number of rotatable bonds is 2. The molecule has 1 aliphatic heterocycles. The van der Waals surface area contributed by atoms with Crippen LogP contribution in [0.3, 0.4) is 0 Å². The van der Waals surface area contributed by atoms with Gasteiger partial charge in [0.05, 0.1) is 17.7 Å². The van der Waals surface area contributed by atoms with Gasteiger partial charge in [-0.1, -0.05) is 0 Å². The zero-order valence-corrected chi connectivity index (χ0v) is 9.91. The summed E-state index contributed by atoms with van der Waals surface area (Å²) in [6.07, 6.45) is 0.303. The highest BCUT2D eigenvalue weighted by Crippen LogP contribution is 2.21. The fraction of sp³-hybridized carbons (Fsp3) is 0.900. The molecule has 0 aromatic carbocycles. The first-order valence-electron chi connectivity index (χ1n) is 5.29. The van der Waals surface area contributed by atoms with Crippen LogP contribution < -0.4 is 11.3 Å². The fourth-order valence-electron chi connectivity index (χ4n) is 1.95. The number of carbonyl (C=O) groups excluding carboxylic acids is 1. The molecule has 1 fully saturated rings. The van der Waals surface area contributed by atoms with Gasteiger partial charge in [-0.2, -0.15) is 0 Å². The molecule has 2 unspecified atom stereocenters. The number of hydrogen-bond acceptors (Lipinski definition) is 4. The number of nitrogens with two attached hydrogens (primary N) is 1. The minimum Gasteiger partial charge on any atom is -0.373 e. The van der Waals surface area contributed by atoms with Crippen molar-refractivity contribution < 1.29 is 9.53 Å². The molecule has 0 radical (unpaired) electrons. The van der Waals surface area contributed by atoms with E-state index in [1.165, 1.54) is 0 Å². The molecule has 1 heterocycles. The molecule has 0 bridgehead atoms. The summed E-state index contributed by atoms with van der Waals surface area (Å²) in [6.45, 7) is 9.29. The molecule has 5 nitrogen and oxygen atoms in total. The van der Waals surface area contributed by atoms with Gasteiger partial charge in [0.1, 0.15) is 0 Å². The van der Waals surface area contributed by atoms with Gasteiger partial charge in [0.25, 0.3) is 5.91 Å². The van der Waals surface area contributed by atoms with Crippen molar-refractivity contribution in [3.63, 3.8) is 0 Å². The zero-order valence-electron chi connectivity index (χ0n) is 9.91. The Morgan fingerprint density at radius 3 is 2.27 bits per heavy atom. The second-order valence-electron chi connectivity index (χ2n) is 4.69. The van der Waals surface area contributed by atoms with Crippen LogP contribution in [0.2, 0.25) is 0 Å². The van der Waals surface area contributed by atoms with E-state index in [-0.39, 0.29) is 18.1 Å². The zero-order chi connectivity index (χ0) is 11.6. The first-order chi connectivity index (χ1) is 6.87. The van der Waals surface area contributed by atoms with Crippen molar-refractivity contribution in [1.29, 1.82) is 0 Å². The van der Waals surface area contributed by atoms with Gasteiger partial charge in [-0.05, 0) is 27.7 Å². The van der Waals surface area contributed by atoms with Crippen molar-refractivity contribution in [2.45, 2.75) is 45.4 Å². The van der Waals surface area contributed by atoms with Crippen LogP contribution in [-0.2, 0) is 9.53 Å². The van der Waals surface area contributed by atoms with E-state index in [9.17, 15) is 4.79 Å². The van der Waals surface area contributed by atoms with E-state index in [0.29, 0.717) is 0 Å². The second kappa shape index (κ2) is 4.47. The summed E-state index contributed by atoms with van der Waals surface area (Å²) in [4.78, 5) is 13.7. The minimum atomic E-state index is -0.582. The van der Waals surface area contributed by atoms with Crippen molar-refractivity contribution >= 4 is 5.91 Å². The van der Waals surface area contributed by atoms with Gasteiger partial charge in [0.2, 0.25) is 0 Å². The highest BCUT2D eigenvalue weighted by molar-refractivity contribution is 5.84. The highest BCUT2D eigenvalue weighted by atomic mass is 16.5. The van der Waals surface area contributed by atoms with Crippen LogP contribution >= 0.6 is 0 Å². The lowest BCUT2D eigenvalue weighted by Crippen LogP contribution is -2.61. The first-order valence-corrected chi connectivity index (χ1v) is 5.29. The van der Waals surface area contributed by atoms with Gasteiger partial charge < -0.3 is 4.74 Å². The number of amides is 1. The van der Waals surface area contributed by atoms with Crippen molar-refractivity contribution in [2.24, 2.45) is 5.84 Å². The van der Waals surface area contributed by atoms with E-state index in [1.807, 2.05) is 27.7 Å². The van der Waals surface area contributed by atoms with Crippen LogP contribution in [-0.4, -0.2) is 41.6 Å². The lowest BCUT2D eigenvalue weighted by molar-refractivity contribution is -0.141. The number of nitrogens with one attached hydrogen (secondary N) is 1. The standard InChI is InChI=1S/C10H21N3O2/c1-7-5-13(6-8(2)15-7)10(3,4)9(14)12-11/h7-8H,5-6,11H2,1-4H3,(H,12,14). The molecule has 15 heavy (non-hydrogen) atoms. The van der Waals surface area contributed by atoms with Gasteiger partial charge in [0, 0.05) is 13.1 Å². The molecule has 1 amide bonds. The van der Waals surface area contributed by atoms with Gasteiger partial charge in [-0.3, -0.25) is 15.1 Å². The molecule has 1 aliphatic rings. The minimum absolute atomic E-state index is 0.151. The van der Waals surface area contributed by atoms with Crippen LogP contribution in [0.25, 0.3) is 0 Å². The van der Waals surface area contributed by atoms with Crippen molar-refractivity contribution in [1.82, 2.24) is 10.3 Å². The third-order valence-electron chi connectivity index (χ3n) is 2.90. The average molecular weight is 215 g/mol. The van der Waals surface area contributed by atoms with E-state index in [2.05, 4.69) is 10.3 Å². The molecule has 88 valence electrons. The van der Waals surface area contributed by atoms with Gasteiger partial charge >= 0.3 is 0 Å². The topological polar surface area (TPSA) is 67.6 Å². The smallest absolute Gasteiger partial charge is 0.253 e. The van der Waals surface area contributed by atoms with Gasteiger partial charge in [0.15, 0.2) is 0 Å².